The van der Waals surface area contributed by atoms with Crippen molar-refractivity contribution in [3.05, 3.63) is 18.2 Å². The van der Waals surface area contributed by atoms with Gasteiger partial charge in [-0.3, -0.25) is 4.79 Å². The lowest BCUT2D eigenvalue weighted by atomic mass is 10.2. The number of carbonyl (C=O) groups is 2. The molecular weight excluding hydrogens is 240 g/mol. The number of carbonyl (C=O) groups excluding carboxylic acids is 1. The van der Waals surface area contributed by atoms with E-state index in [9.17, 15) is 9.59 Å². The number of nitrogens with one attached hydrogen (secondary N) is 1. The van der Waals surface area contributed by atoms with E-state index >= 15 is 0 Å². The Kier molecular flexibility index (Phi) is 5.28. The molecule has 1 atom stereocenters. The lowest BCUT2D eigenvalue weighted by Gasteiger charge is -2.05. The van der Waals surface area contributed by atoms with Gasteiger partial charge in [0, 0.05) is 32.3 Å². The normalized spacial score (nSPS) is 12.1. The molecule has 1 aromatic heterocycles. The average molecular weight is 256 g/mol. The Bertz CT molecular complexity index is 418. The molecule has 0 fully saturated rings. The van der Waals surface area contributed by atoms with Crippen molar-refractivity contribution < 1.29 is 19.8 Å². The number of hydrogen-bond acceptors (Lipinski definition) is 5. The zero-order valence-corrected chi connectivity index (χ0v) is 9.74. The Morgan fingerprint density at radius 1 is 1.56 bits per heavy atom. The summed E-state index contributed by atoms with van der Waals surface area (Å²) < 4.78 is 1.68. The molecule has 1 rings (SSSR count). The van der Waals surface area contributed by atoms with Crippen molar-refractivity contribution in [2.24, 2.45) is 5.73 Å². The Balaban J connectivity index is 2.38. The van der Waals surface area contributed by atoms with Crippen LogP contribution in [0.3, 0.4) is 0 Å². The summed E-state index contributed by atoms with van der Waals surface area (Å²) in [6.45, 7) is 1.08. The molecule has 0 saturated heterocycles. The molecule has 0 saturated carbocycles. The van der Waals surface area contributed by atoms with Gasteiger partial charge in [-0.15, -0.1) is 0 Å². The Morgan fingerprint density at radius 2 is 2.28 bits per heavy atom. The van der Waals surface area contributed by atoms with E-state index in [2.05, 4.69) is 10.3 Å². The lowest BCUT2D eigenvalue weighted by Crippen LogP contribution is -2.30. The largest absolute Gasteiger partial charge is 0.479 e. The smallest absolute Gasteiger partial charge is 0.332 e. The number of nitrogens with two attached hydrogens (primary N) is 1. The first kappa shape index (κ1) is 14.1. The summed E-state index contributed by atoms with van der Waals surface area (Å²) in [7, 11) is 0. The number of imidazole rings is 1. The lowest BCUT2D eigenvalue weighted by molar-refractivity contribution is -0.146. The molecule has 0 aromatic carbocycles. The van der Waals surface area contributed by atoms with E-state index in [1.165, 1.54) is 6.33 Å². The molecule has 1 unspecified atom stereocenters. The molecule has 8 heteroatoms. The van der Waals surface area contributed by atoms with Gasteiger partial charge in [-0.1, -0.05) is 0 Å². The number of aliphatic hydroxyl groups is 1. The Labute approximate surface area is 103 Å². The van der Waals surface area contributed by atoms with Crippen LogP contribution in [0.1, 0.15) is 16.9 Å². The second kappa shape index (κ2) is 6.72. The number of amides is 1. The van der Waals surface area contributed by atoms with Gasteiger partial charge in [-0.2, -0.15) is 0 Å². The van der Waals surface area contributed by atoms with Gasteiger partial charge in [-0.05, 0) is 0 Å². The van der Waals surface area contributed by atoms with Gasteiger partial charge < -0.3 is 25.8 Å². The maximum Gasteiger partial charge on any atom is 0.332 e. The van der Waals surface area contributed by atoms with Gasteiger partial charge in [0.15, 0.2) is 6.10 Å². The number of nitrogens with zero attached hydrogens (tertiary/aromatic N) is 2. The van der Waals surface area contributed by atoms with Crippen molar-refractivity contribution in [2.45, 2.75) is 19.1 Å². The zero-order valence-electron chi connectivity index (χ0n) is 9.74. The van der Waals surface area contributed by atoms with Gasteiger partial charge in [0.05, 0.1) is 6.33 Å². The van der Waals surface area contributed by atoms with Gasteiger partial charge in [0.25, 0.3) is 5.91 Å². The predicted octanol–water partition coefficient (Wildman–Crippen LogP) is -1.59. The summed E-state index contributed by atoms with van der Waals surface area (Å²) >= 11 is 0. The molecule has 0 aliphatic rings. The number of carboxylic acid groups (broad SMARTS) is 1. The number of aliphatic hydroxyl groups excluding tert-OH is 1. The molecule has 0 bridgehead atoms. The summed E-state index contributed by atoms with van der Waals surface area (Å²) in [6.07, 6.45) is 1.52. The van der Waals surface area contributed by atoms with E-state index in [0.717, 1.165) is 0 Å². The highest BCUT2D eigenvalue weighted by Gasteiger charge is 2.14. The van der Waals surface area contributed by atoms with Gasteiger partial charge in [-0.25, -0.2) is 9.78 Å². The number of aliphatic carboxylic acids is 1. The van der Waals surface area contributed by atoms with Crippen LogP contribution >= 0.6 is 0 Å². The second-order valence-electron chi connectivity index (χ2n) is 3.68. The molecule has 18 heavy (non-hydrogen) atoms. The van der Waals surface area contributed by atoms with Crippen LogP contribution in [0.15, 0.2) is 12.5 Å². The van der Waals surface area contributed by atoms with Crippen molar-refractivity contribution in [3.8, 4) is 0 Å². The van der Waals surface area contributed by atoms with Crippen LogP contribution in [-0.2, 0) is 11.3 Å². The van der Waals surface area contributed by atoms with Crippen LogP contribution in [0, 0.1) is 0 Å². The molecule has 0 radical (unpaired) electrons. The molecule has 8 nitrogen and oxygen atoms in total. The number of aromatic nitrogens is 2. The monoisotopic (exact) mass is 256 g/mol. The predicted molar refractivity (Wildman–Crippen MR) is 61.9 cm³/mol. The number of rotatable bonds is 7. The van der Waals surface area contributed by atoms with E-state index in [0.29, 0.717) is 13.1 Å². The maximum absolute atomic E-state index is 11.6. The summed E-state index contributed by atoms with van der Waals surface area (Å²) in [4.78, 5) is 25.8. The highest BCUT2D eigenvalue weighted by Crippen LogP contribution is 1.96. The quantitative estimate of drug-likeness (QED) is 0.465. The van der Waals surface area contributed by atoms with Crippen LogP contribution < -0.4 is 11.1 Å². The average Bonchev–Trinajstić information content (AvgIpc) is 2.77. The topological polar surface area (TPSA) is 130 Å². The minimum absolute atomic E-state index is 0.0510. The van der Waals surface area contributed by atoms with E-state index in [4.69, 9.17) is 15.9 Å². The SMILES string of the molecule is NCCn1cnc(C(=O)NCCC(O)C(=O)O)c1. The van der Waals surface area contributed by atoms with Gasteiger partial charge in [0.1, 0.15) is 5.69 Å². The van der Waals surface area contributed by atoms with Gasteiger partial charge in [0.2, 0.25) is 0 Å². The van der Waals surface area contributed by atoms with Crippen LogP contribution in [0.5, 0.6) is 0 Å². The highest BCUT2D eigenvalue weighted by molar-refractivity contribution is 5.92. The molecule has 1 amide bonds. The summed E-state index contributed by atoms with van der Waals surface area (Å²) in [5.74, 6) is -1.72. The van der Waals surface area contributed by atoms with E-state index in [1.54, 1.807) is 10.8 Å². The second-order valence-corrected chi connectivity index (χ2v) is 3.68. The first-order chi connectivity index (χ1) is 8.54. The van der Waals surface area contributed by atoms with E-state index in [1.807, 2.05) is 0 Å². The third-order valence-electron chi connectivity index (χ3n) is 2.24. The fourth-order valence-electron chi connectivity index (χ4n) is 1.29. The molecular formula is C10H16N4O4. The molecule has 0 spiro atoms. The van der Waals surface area contributed by atoms with Crippen LogP contribution in [-0.4, -0.2) is 50.8 Å². The fourth-order valence-corrected chi connectivity index (χ4v) is 1.29. The molecule has 1 heterocycles. The fraction of sp³-hybridized carbons (Fsp3) is 0.500. The molecule has 0 aliphatic heterocycles. The van der Waals surface area contributed by atoms with Crippen LogP contribution in [0.2, 0.25) is 0 Å². The van der Waals surface area contributed by atoms with Crippen LogP contribution in [0.25, 0.3) is 0 Å². The summed E-state index contributed by atoms with van der Waals surface area (Å²) in [6, 6.07) is 0. The first-order valence-corrected chi connectivity index (χ1v) is 5.45. The Hall–Kier alpha value is -1.93. The minimum atomic E-state index is -1.47. The third-order valence-corrected chi connectivity index (χ3v) is 2.24. The zero-order chi connectivity index (χ0) is 13.5. The molecule has 0 aliphatic carbocycles. The first-order valence-electron chi connectivity index (χ1n) is 5.45. The summed E-state index contributed by atoms with van der Waals surface area (Å²) in [5, 5.41) is 19.9. The molecule has 1 aromatic rings. The third kappa shape index (κ3) is 4.15. The van der Waals surface area contributed by atoms with Crippen molar-refractivity contribution in [2.75, 3.05) is 13.1 Å². The maximum atomic E-state index is 11.6. The van der Waals surface area contributed by atoms with E-state index in [-0.39, 0.29) is 18.7 Å². The highest BCUT2D eigenvalue weighted by atomic mass is 16.4. The molecule has 5 N–H and O–H groups in total. The number of carboxylic acids is 1. The van der Waals surface area contributed by atoms with Crippen molar-refractivity contribution in [1.82, 2.24) is 14.9 Å². The van der Waals surface area contributed by atoms with Crippen molar-refractivity contribution in [3.63, 3.8) is 0 Å². The Morgan fingerprint density at radius 3 is 2.89 bits per heavy atom. The van der Waals surface area contributed by atoms with Crippen molar-refractivity contribution in [1.29, 1.82) is 0 Å². The van der Waals surface area contributed by atoms with Crippen LogP contribution in [0.4, 0.5) is 0 Å². The van der Waals surface area contributed by atoms with E-state index < -0.39 is 18.0 Å². The van der Waals surface area contributed by atoms with Crippen molar-refractivity contribution >= 4 is 11.9 Å². The summed E-state index contributed by atoms with van der Waals surface area (Å²) in [5.41, 5.74) is 5.59. The molecule has 100 valence electrons. The van der Waals surface area contributed by atoms with Gasteiger partial charge >= 0.3 is 5.97 Å². The standard InChI is InChI=1S/C10H16N4O4/c11-2-4-14-5-7(13-6-14)9(16)12-3-1-8(15)10(17)18/h5-6,8,15H,1-4,11H2,(H,12,16)(H,17,18). The minimum Gasteiger partial charge on any atom is -0.479 e. The number of hydrogen-bond donors (Lipinski definition) is 4.